The third kappa shape index (κ3) is 5.89. The number of nitrogens with zero attached hydrogens (tertiary/aromatic N) is 3. The van der Waals surface area contributed by atoms with Gasteiger partial charge in [0.25, 0.3) is 0 Å². The molecule has 0 atom stereocenters. The standard InChI is InChI=1S/C21H28N4O6S2/c1-23-12-14-25(15-13-23)33(29,30)20-8-4-17(5-9-20)22-21(26)16-24(2)32(27,28)19-10-6-18(31-3)7-11-19/h4-11H,12-16H2,1-3H3,(H,22,26). The van der Waals surface area contributed by atoms with Crippen LogP contribution in [-0.4, -0.2) is 90.2 Å². The molecule has 12 heteroatoms. The second kappa shape index (κ2) is 10.2. The van der Waals surface area contributed by atoms with Crippen LogP contribution in [0.15, 0.2) is 58.3 Å². The van der Waals surface area contributed by atoms with Crippen LogP contribution in [0.2, 0.25) is 0 Å². The first-order chi connectivity index (χ1) is 15.5. The summed E-state index contributed by atoms with van der Waals surface area (Å²) in [5.41, 5.74) is 0.368. The van der Waals surface area contributed by atoms with Gasteiger partial charge in [0, 0.05) is 38.9 Å². The van der Waals surface area contributed by atoms with Gasteiger partial charge in [-0.3, -0.25) is 4.79 Å². The van der Waals surface area contributed by atoms with E-state index in [2.05, 4.69) is 10.2 Å². The molecule has 0 spiro atoms. The molecule has 2 aromatic rings. The molecule has 3 rings (SSSR count). The highest BCUT2D eigenvalue weighted by Gasteiger charge is 2.27. The lowest BCUT2D eigenvalue weighted by Crippen LogP contribution is -2.46. The SMILES string of the molecule is COc1ccc(S(=O)(=O)N(C)CC(=O)Nc2ccc(S(=O)(=O)N3CCN(C)CC3)cc2)cc1. The predicted octanol–water partition coefficient (Wildman–Crippen LogP) is 0.891. The van der Waals surface area contributed by atoms with E-state index in [0.717, 1.165) is 4.31 Å². The fourth-order valence-corrected chi connectivity index (χ4v) is 5.85. The number of ether oxygens (including phenoxy) is 1. The zero-order valence-electron chi connectivity index (χ0n) is 18.8. The monoisotopic (exact) mass is 496 g/mol. The molecule has 1 fully saturated rings. The minimum absolute atomic E-state index is 0.0389. The van der Waals surface area contributed by atoms with Crippen molar-refractivity contribution in [3.63, 3.8) is 0 Å². The highest BCUT2D eigenvalue weighted by Crippen LogP contribution is 2.21. The summed E-state index contributed by atoms with van der Waals surface area (Å²) >= 11 is 0. The van der Waals surface area contributed by atoms with Gasteiger partial charge in [0.15, 0.2) is 0 Å². The van der Waals surface area contributed by atoms with Crippen molar-refractivity contribution in [3.05, 3.63) is 48.5 Å². The van der Waals surface area contributed by atoms with E-state index < -0.39 is 32.5 Å². The number of sulfonamides is 2. The molecule has 1 saturated heterocycles. The Kier molecular flexibility index (Phi) is 7.75. The van der Waals surface area contributed by atoms with Crippen molar-refractivity contribution in [2.75, 3.05) is 59.2 Å². The largest absolute Gasteiger partial charge is 0.497 e. The highest BCUT2D eigenvalue weighted by atomic mass is 32.2. The van der Waals surface area contributed by atoms with Gasteiger partial charge < -0.3 is 15.0 Å². The van der Waals surface area contributed by atoms with E-state index in [9.17, 15) is 21.6 Å². The summed E-state index contributed by atoms with van der Waals surface area (Å²) < 4.78 is 58.4. The van der Waals surface area contributed by atoms with Gasteiger partial charge in [0.1, 0.15) is 5.75 Å². The first kappa shape index (κ1) is 25.1. The number of amides is 1. The van der Waals surface area contributed by atoms with Crippen LogP contribution in [0.1, 0.15) is 0 Å². The zero-order valence-corrected chi connectivity index (χ0v) is 20.4. The van der Waals surface area contributed by atoms with Crippen LogP contribution in [0.25, 0.3) is 0 Å². The van der Waals surface area contributed by atoms with Crippen LogP contribution in [0, 0.1) is 0 Å². The molecule has 0 unspecified atom stereocenters. The number of hydrogen-bond acceptors (Lipinski definition) is 7. The average Bonchev–Trinajstić information content (AvgIpc) is 2.79. The Bertz CT molecular complexity index is 1170. The molecule has 10 nitrogen and oxygen atoms in total. The Balaban J connectivity index is 1.62. The molecule has 1 heterocycles. The van der Waals surface area contributed by atoms with E-state index in [1.165, 1.54) is 67.0 Å². The van der Waals surface area contributed by atoms with Crippen LogP contribution >= 0.6 is 0 Å². The molecule has 0 saturated carbocycles. The summed E-state index contributed by atoms with van der Waals surface area (Å²) in [4.78, 5) is 14.6. The second-order valence-electron chi connectivity index (χ2n) is 7.72. The predicted molar refractivity (Wildman–Crippen MR) is 124 cm³/mol. The van der Waals surface area contributed by atoms with Gasteiger partial charge in [-0.25, -0.2) is 16.8 Å². The fourth-order valence-electron chi connectivity index (χ4n) is 3.30. The van der Waals surface area contributed by atoms with Crippen LogP contribution in [0.4, 0.5) is 5.69 Å². The molecule has 33 heavy (non-hydrogen) atoms. The van der Waals surface area contributed by atoms with Crippen molar-refractivity contribution in [1.82, 2.24) is 13.5 Å². The van der Waals surface area contributed by atoms with Crippen LogP contribution in [0.5, 0.6) is 5.75 Å². The summed E-state index contributed by atoms with van der Waals surface area (Å²) in [6, 6.07) is 11.7. The Hall–Kier alpha value is -2.51. The van der Waals surface area contributed by atoms with E-state index in [-0.39, 0.29) is 9.79 Å². The number of hydrogen-bond donors (Lipinski definition) is 1. The van der Waals surface area contributed by atoms with Crippen molar-refractivity contribution >= 4 is 31.6 Å². The van der Waals surface area contributed by atoms with Gasteiger partial charge in [-0.05, 0) is 55.6 Å². The zero-order chi connectivity index (χ0) is 24.2. The highest BCUT2D eigenvalue weighted by molar-refractivity contribution is 7.89. The number of likely N-dealkylation sites (N-methyl/N-ethyl adjacent to an activating group) is 2. The van der Waals surface area contributed by atoms with Crippen LogP contribution < -0.4 is 10.1 Å². The Labute approximate surface area is 194 Å². The Morgan fingerprint density at radius 2 is 1.48 bits per heavy atom. The summed E-state index contributed by atoms with van der Waals surface area (Å²) in [5.74, 6) is -0.0308. The van der Waals surface area contributed by atoms with E-state index in [0.29, 0.717) is 37.6 Å². The van der Waals surface area contributed by atoms with Crippen LogP contribution in [-0.2, 0) is 24.8 Å². The molecule has 0 radical (unpaired) electrons. The average molecular weight is 497 g/mol. The Morgan fingerprint density at radius 1 is 0.939 bits per heavy atom. The summed E-state index contributed by atoms with van der Waals surface area (Å²) in [5, 5.41) is 2.60. The number of nitrogens with one attached hydrogen (secondary N) is 1. The molecule has 1 N–H and O–H groups in total. The number of methoxy groups -OCH3 is 1. The molecule has 1 aliphatic rings. The van der Waals surface area contributed by atoms with Crippen molar-refractivity contribution in [3.8, 4) is 5.75 Å². The molecule has 1 aliphatic heterocycles. The van der Waals surface area contributed by atoms with Crippen molar-refractivity contribution in [1.29, 1.82) is 0 Å². The third-order valence-electron chi connectivity index (χ3n) is 5.37. The third-order valence-corrected chi connectivity index (χ3v) is 9.10. The first-order valence-electron chi connectivity index (χ1n) is 10.2. The summed E-state index contributed by atoms with van der Waals surface area (Å²) in [7, 11) is -2.74. The molecule has 0 aromatic heterocycles. The van der Waals surface area contributed by atoms with Gasteiger partial charge in [0.05, 0.1) is 23.4 Å². The van der Waals surface area contributed by atoms with E-state index in [4.69, 9.17) is 4.74 Å². The summed E-state index contributed by atoms with van der Waals surface area (Å²) in [6.07, 6.45) is 0. The lowest BCUT2D eigenvalue weighted by atomic mass is 10.3. The van der Waals surface area contributed by atoms with Crippen molar-refractivity contribution in [2.24, 2.45) is 0 Å². The minimum Gasteiger partial charge on any atom is -0.497 e. The molecular weight excluding hydrogens is 468 g/mol. The summed E-state index contributed by atoms with van der Waals surface area (Å²) in [6.45, 7) is 1.77. The molecule has 0 bridgehead atoms. The lowest BCUT2D eigenvalue weighted by molar-refractivity contribution is -0.116. The second-order valence-corrected chi connectivity index (χ2v) is 11.7. The number of benzene rings is 2. The molecule has 180 valence electrons. The normalized spacial score (nSPS) is 16.0. The number of rotatable bonds is 8. The number of piperazine rings is 1. The van der Waals surface area contributed by atoms with Gasteiger partial charge >= 0.3 is 0 Å². The smallest absolute Gasteiger partial charge is 0.243 e. The lowest BCUT2D eigenvalue weighted by Gasteiger charge is -2.31. The number of carbonyl (C=O) groups excluding carboxylic acids is 1. The van der Waals surface area contributed by atoms with Crippen LogP contribution in [0.3, 0.4) is 0 Å². The molecule has 0 aliphatic carbocycles. The van der Waals surface area contributed by atoms with Gasteiger partial charge in [0.2, 0.25) is 26.0 Å². The minimum atomic E-state index is -3.87. The number of carbonyl (C=O) groups is 1. The van der Waals surface area contributed by atoms with Gasteiger partial charge in [-0.1, -0.05) is 0 Å². The molecule has 2 aromatic carbocycles. The molecule has 1 amide bonds. The van der Waals surface area contributed by atoms with E-state index >= 15 is 0 Å². The molecular formula is C21H28N4O6S2. The quantitative estimate of drug-likeness (QED) is 0.577. The van der Waals surface area contributed by atoms with Gasteiger partial charge in [-0.15, -0.1) is 0 Å². The maximum Gasteiger partial charge on any atom is 0.243 e. The fraction of sp³-hybridized carbons (Fsp3) is 0.381. The van der Waals surface area contributed by atoms with Crippen molar-refractivity contribution < 1.29 is 26.4 Å². The van der Waals surface area contributed by atoms with E-state index in [1.54, 1.807) is 0 Å². The maximum absolute atomic E-state index is 12.8. The Morgan fingerprint density at radius 3 is 2.03 bits per heavy atom. The maximum atomic E-state index is 12.8. The first-order valence-corrected chi connectivity index (χ1v) is 13.1. The topological polar surface area (TPSA) is 116 Å². The van der Waals surface area contributed by atoms with Gasteiger partial charge in [-0.2, -0.15) is 8.61 Å². The number of anilines is 1. The van der Waals surface area contributed by atoms with Crippen molar-refractivity contribution in [2.45, 2.75) is 9.79 Å². The van der Waals surface area contributed by atoms with E-state index in [1.807, 2.05) is 7.05 Å².